The third-order valence-electron chi connectivity index (χ3n) is 4.35. The predicted molar refractivity (Wildman–Crippen MR) is 91.3 cm³/mol. The third kappa shape index (κ3) is 4.79. The minimum Gasteiger partial charge on any atom is -0.480 e. The van der Waals surface area contributed by atoms with Crippen molar-refractivity contribution >= 4 is 21.7 Å². The molecule has 0 radical (unpaired) electrons. The van der Waals surface area contributed by atoms with E-state index in [1.807, 2.05) is 0 Å². The lowest BCUT2D eigenvalue weighted by Crippen LogP contribution is -2.38. The zero-order chi connectivity index (χ0) is 18.4. The van der Waals surface area contributed by atoms with Gasteiger partial charge in [-0.15, -0.1) is 0 Å². The van der Waals surface area contributed by atoms with Crippen molar-refractivity contribution in [3.8, 4) is 0 Å². The molecule has 1 saturated carbocycles. The van der Waals surface area contributed by atoms with E-state index >= 15 is 0 Å². The molecular formula is C17H23NO6S. The topological polar surface area (TPSA) is 101 Å². The van der Waals surface area contributed by atoms with Gasteiger partial charge in [0.1, 0.15) is 6.54 Å². The number of rotatable bonds is 8. The van der Waals surface area contributed by atoms with E-state index in [2.05, 4.69) is 0 Å². The second kappa shape index (κ2) is 8.44. The summed E-state index contributed by atoms with van der Waals surface area (Å²) in [4.78, 5) is 24.8. The van der Waals surface area contributed by atoms with Crippen LogP contribution in [0.15, 0.2) is 29.2 Å². The molecule has 138 valence electrons. The molecule has 0 aliphatic heterocycles. The first-order chi connectivity index (χ1) is 11.9. The summed E-state index contributed by atoms with van der Waals surface area (Å²) >= 11 is 0. The van der Waals surface area contributed by atoms with Gasteiger partial charge in [-0.3, -0.25) is 9.59 Å². The number of ether oxygens (including phenoxy) is 1. The minimum atomic E-state index is -3.37. The van der Waals surface area contributed by atoms with Crippen LogP contribution < -0.4 is 0 Å². The second-order valence-electron chi connectivity index (χ2n) is 6.09. The minimum absolute atomic E-state index is 0.143. The van der Waals surface area contributed by atoms with E-state index in [1.165, 1.54) is 31.4 Å². The molecule has 8 heteroatoms. The van der Waals surface area contributed by atoms with Gasteiger partial charge in [0.05, 0.1) is 16.8 Å². The Kier molecular flexibility index (Phi) is 6.55. The number of nitrogens with zero attached hydrogens (tertiary/aromatic N) is 1. The number of amides is 1. The van der Waals surface area contributed by atoms with Crippen molar-refractivity contribution in [1.29, 1.82) is 0 Å². The van der Waals surface area contributed by atoms with Gasteiger partial charge in [-0.1, -0.05) is 12.8 Å². The maximum atomic E-state index is 12.5. The number of carboxylic acid groups (broad SMARTS) is 1. The van der Waals surface area contributed by atoms with Crippen molar-refractivity contribution in [2.75, 3.05) is 26.8 Å². The van der Waals surface area contributed by atoms with Gasteiger partial charge in [-0.25, -0.2) is 8.42 Å². The number of hydrogen-bond acceptors (Lipinski definition) is 5. The zero-order valence-electron chi connectivity index (χ0n) is 14.2. The highest BCUT2D eigenvalue weighted by molar-refractivity contribution is 7.92. The highest BCUT2D eigenvalue weighted by Gasteiger charge is 2.30. The molecule has 1 aliphatic rings. The van der Waals surface area contributed by atoms with Gasteiger partial charge in [0.15, 0.2) is 9.84 Å². The Morgan fingerprint density at radius 1 is 1.20 bits per heavy atom. The smallest absolute Gasteiger partial charge is 0.323 e. The highest BCUT2D eigenvalue weighted by atomic mass is 32.2. The largest absolute Gasteiger partial charge is 0.480 e. The molecule has 1 aromatic rings. The van der Waals surface area contributed by atoms with E-state index in [4.69, 9.17) is 9.84 Å². The second-order valence-corrected chi connectivity index (χ2v) is 8.32. The lowest BCUT2D eigenvalue weighted by Gasteiger charge is -2.20. The van der Waals surface area contributed by atoms with Crippen LogP contribution in [0.1, 0.15) is 36.0 Å². The Balaban J connectivity index is 2.16. The van der Waals surface area contributed by atoms with Gasteiger partial charge in [0, 0.05) is 19.2 Å². The number of carboxylic acids is 1. The predicted octanol–water partition coefficient (Wildman–Crippen LogP) is 1.58. The molecular weight excluding hydrogens is 346 g/mol. The number of hydrogen-bond donors (Lipinski definition) is 1. The lowest BCUT2D eigenvalue weighted by molar-refractivity contribution is -0.137. The van der Waals surface area contributed by atoms with E-state index in [-0.39, 0.29) is 28.9 Å². The highest BCUT2D eigenvalue weighted by Crippen LogP contribution is 2.29. The van der Waals surface area contributed by atoms with Gasteiger partial charge in [0.25, 0.3) is 5.91 Å². The SMILES string of the molecule is COCCN(CC(=O)O)C(=O)c1ccc(S(=O)(=O)C2CCCC2)cc1. The summed E-state index contributed by atoms with van der Waals surface area (Å²) in [5, 5.41) is 8.59. The number of benzene rings is 1. The van der Waals surface area contributed by atoms with Crippen LogP contribution in [0, 0.1) is 0 Å². The molecule has 25 heavy (non-hydrogen) atoms. The van der Waals surface area contributed by atoms with Crippen molar-refractivity contribution in [3.05, 3.63) is 29.8 Å². The van der Waals surface area contributed by atoms with Gasteiger partial charge < -0.3 is 14.7 Å². The van der Waals surface area contributed by atoms with Gasteiger partial charge in [-0.05, 0) is 37.1 Å². The fourth-order valence-corrected chi connectivity index (χ4v) is 4.83. The van der Waals surface area contributed by atoms with E-state index in [9.17, 15) is 18.0 Å². The van der Waals surface area contributed by atoms with Crippen molar-refractivity contribution in [3.63, 3.8) is 0 Å². The molecule has 1 amide bonds. The van der Waals surface area contributed by atoms with Gasteiger partial charge in [0.2, 0.25) is 0 Å². The summed E-state index contributed by atoms with van der Waals surface area (Å²) in [7, 11) is -1.91. The van der Waals surface area contributed by atoms with Crippen molar-refractivity contribution < 1.29 is 27.9 Å². The van der Waals surface area contributed by atoms with Crippen molar-refractivity contribution in [2.24, 2.45) is 0 Å². The average molecular weight is 369 g/mol. The number of carbonyl (C=O) groups excluding carboxylic acids is 1. The maximum Gasteiger partial charge on any atom is 0.323 e. The molecule has 0 atom stereocenters. The average Bonchev–Trinajstić information content (AvgIpc) is 3.13. The summed E-state index contributed by atoms with van der Waals surface area (Å²) in [6.45, 7) is -0.0821. The van der Waals surface area contributed by atoms with E-state index < -0.39 is 28.3 Å². The Hall–Kier alpha value is -1.93. The molecule has 0 saturated heterocycles. The van der Waals surface area contributed by atoms with Gasteiger partial charge in [-0.2, -0.15) is 0 Å². The molecule has 0 unspecified atom stereocenters. The van der Waals surface area contributed by atoms with Crippen LogP contribution in [0.2, 0.25) is 0 Å². The van der Waals surface area contributed by atoms with Crippen LogP contribution in [0.25, 0.3) is 0 Å². The molecule has 0 aromatic heterocycles. The third-order valence-corrected chi connectivity index (χ3v) is 6.63. The Labute approximate surface area is 147 Å². The fourth-order valence-electron chi connectivity index (χ4n) is 2.98. The first-order valence-electron chi connectivity index (χ1n) is 8.20. The van der Waals surface area contributed by atoms with Crippen LogP contribution in [-0.4, -0.2) is 62.4 Å². The summed E-state index contributed by atoms with van der Waals surface area (Å²) in [6, 6.07) is 5.73. The Morgan fingerprint density at radius 3 is 2.32 bits per heavy atom. The molecule has 2 rings (SSSR count). The quantitative estimate of drug-likeness (QED) is 0.746. The van der Waals surface area contributed by atoms with Crippen molar-refractivity contribution in [2.45, 2.75) is 35.8 Å². The first kappa shape index (κ1) is 19.4. The normalized spacial score (nSPS) is 15.2. The molecule has 1 aromatic carbocycles. The summed E-state index contributed by atoms with van der Waals surface area (Å²) < 4.78 is 30.0. The molecule has 0 spiro atoms. The molecule has 1 N–H and O–H groups in total. The van der Waals surface area contributed by atoms with Crippen LogP contribution in [0.4, 0.5) is 0 Å². The van der Waals surface area contributed by atoms with Gasteiger partial charge >= 0.3 is 5.97 Å². The maximum absolute atomic E-state index is 12.5. The van der Waals surface area contributed by atoms with E-state index in [0.717, 1.165) is 17.7 Å². The summed E-state index contributed by atoms with van der Waals surface area (Å²) in [6.07, 6.45) is 3.19. The Bertz CT molecular complexity index is 707. The fraction of sp³-hybridized carbons (Fsp3) is 0.529. The van der Waals surface area contributed by atoms with Crippen LogP contribution in [0.3, 0.4) is 0 Å². The molecule has 0 heterocycles. The summed E-state index contributed by atoms with van der Waals surface area (Å²) in [5.74, 6) is -1.59. The van der Waals surface area contributed by atoms with E-state index in [0.29, 0.717) is 12.8 Å². The van der Waals surface area contributed by atoms with E-state index in [1.54, 1.807) is 0 Å². The number of aliphatic carboxylic acids is 1. The number of methoxy groups -OCH3 is 1. The standard InChI is InChI=1S/C17H23NO6S/c1-24-11-10-18(12-16(19)20)17(21)13-6-8-15(9-7-13)25(22,23)14-4-2-3-5-14/h6-9,14H,2-5,10-12H2,1H3,(H,19,20). The molecule has 1 fully saturated rings. The molecule has 7 nitrogen and oxygen atoms in total. The van der Waals surface area contributed by atoms with Crippen molar-refractivity contribution in [1.82, 2.24) is 4.90 Å². The van der Waals surface area contributed by atoms with Crippen LogP contribution in [-0.2, 0) is 19.4 Å². The van der Waals surface area contributed by atoms with Crippen LogP contribution >= 0.6 is 0 Å². The molecule has 0 bridgehead atoms. The lowest BCUT2D eigenvalue weighted by atomic mass is 10.2. The van der Waals surface area contributed by atoms with Crippen LogP contribution in [0.5, 0.6) is 0 Å². The zero-order valence-corrected chi connectivity index (χ0v) is 15.0. The monoisotopic (exact) mass is 369 g/mol. The number of sulfone groups is 1. The first-order valence-corrected chi connectivity index (χ1v) is 9.75. The number of carbonyl (C=O) groups is 2. The molecule has 1 aliphatic carbocycles. The Morgan fingerprint density at radius 2 is 1.80 bits per heavy atom. The summed E-state index contributed by atoms with van der Waals surface area (Å²) in [5.41, 5.74) is 0.253.